The molecule has 5 heteroatoms. The molecular weight excluding hydrogens is 264 g/mol. The number of ether oxygens (including phenoxy) is 2. The minimum atomic E-state index is -0.957. The van der Waals surface area contributed by atoms with Crippen LogP contribution in [0.3, 0.4) is 0 Å². The normalized spacial score (nSPS) is 22.4. The number of benzene rings is 1. The van der Waals surface area contributed by atoms with Crippen molar-refractivity contribution in [3.63, 3.8) is 0 Å². The van der Waals surface area contributed by atoms with Crippen molar-refractivity contribution in [3.8, 4) is 5.75 Å². The van der Waals surface area contributed by atoms with Crippen molar-refractivity contribution in [3.05, 3.63) is 29.3 Å². The van der Waals surface area contributed by atoms with E-state index in [0.29, 0.717) is 11.0 Å². The summed E-state index contributed by atoms with van der Waals surface area (Å²) in [7, 11) is 1.48. The van der Waals surface area contributed by atoms with Gasteiger partial charge in [0.1, 0.15) is 11.3 Å². The summed E-state index contributed by atoms with van der Waals surface area (Å²) in [4.78, 5) is 11.1. The summed E-state index contributed by atoms with van der Waals surface area (Å²) in [6.07, 6.45) is 1.34. The van der Waals surface area contributed by atoms with Gasteiger partial charge in [-0.15, -0.1) is 0 Å². The smallest absolute Gasteiger partial charge is 0.339 e. The Bertz CT molecular complexity index is 461. The van der Waals surface area contributed by atoms with E-state index < -0.39 is 5.97 Å². The number of aromatic carboxylic acids is 1. The van der Waals surface area contributed by atoms with Crippen molar-refractivity contribution in [1.82, 2.24) is 0 Å². The van der Waals surface area contributed by atoms with Crippen molar-refractivity contribution < 1.29 is 19.4 Å². The molecule has 0 radical (unpaired) electrons. The number of rotatable bonds is 5. The highest BCUT2D eigenvalue weighted by Crippen LogP contribution is 2.30. The predicted molar refractivity (Wildman–Crippen MR) is 75.1 cm³/mol. The largest absolute Gasteiger partial charge is 0.496 e. The van der Waals surface area contributed by atoms with E-state index >= 15 is 0 Å². The van der Waals surface area contributed by atoms with Crippen LogP contribution < -0.4 is 4.74 Å². The molecule has 0 spiro atoms. The number of carboxylic acids is 1. The lowest BCUT2D eigenvalue weighted by Crippen LogP contribution is -2.13. The second-order valence-electron chi connectivity index (χ2n) is 4.55. The highest BCUT2D eigenvalue weighted by Gasteiger charge is 2.24. The molecule has 19 heavy (non-hydrogen) atoms. The van der Waals surface area contributed by atoms with E-state index in [9.17, 15) is 4.79 Å². The Morgan fingerprint density at radius 1 is 1.58 bits per heavy atom. The van der Waals surface area contributed by atoms with Gasteiger partial charge < -0.3 is 14.6 Å². The number of methoxy groups -OCH3 is 1. The summed E-state index contributed by atoms with van der Waals surface area (Å²) in [5.74, 6) is 0.239. The molecule has 4 nitrogen and oxygen atoms in total. The molecule has 2 unspecified atom stereocenters. The fourth-order valence-corrected chi connectivity index (χ4v) is 3.34. The summed E-state index contributed by atoms with van der Waals surface area (Å²) in [5.41, 5.74) is 1.22. The third kappa shape index (κ3) is 3.42. The zero-order chi connectivity index (χ0) is 13.8. The summed E-state index contributed by atoms with van der Waals surface area (Å²) in [5, 5.41) is 9.63. The zero-order valence-electron chi connectivity index (χ0n) is 11.1. The van der Waals surface area contributed by atoms with Gasteiger partial charge in [0.2, 0.25) is 0 Å². The van der Waals surface area contributed by atoms with Crippen LogP contribution >= 0.6 is 11.8 Å². The van der Waals surface area contributed by atoms with Crippen molar-refractivity contribution >= 4 is 17.7 Å². The van der Waals surface area contributed by atoms with Crippen LogP contribution in [0.15, 0.2) is 18.2 Å². The van der Waals surface area contributed by atoms with Crippen molar-refractivity contribution in [2.75, 3.05) is 13.7 Å². The lowest BCUT2D eigenvalue weighted by atomic mass is 10.1. The van der Waals surface area contributed by atoms with Crippen LogP contribution in [-0.2, 0) is 10.5 Å². The highest BCUT2D eigenvalue weighted by atomic mass is 32.2. The lowest BCUT2D eigenvalue weighted by Gasteiger charge is -2.14. The molecule has 1 N–H and O–H groups in total. The summed E-state index contributed by atoms with van der Waals surface area (Å²) in [6.45, 7) is 2.91. The van der Waals surface area contributed by atoms with Crippen molar-refractivity contribution in [2.45, 2.75) is 30.5 Å². The van der Waals surface area contributed by atoms with E-state index in [1.807, 2.05) is 17.8 Å². The molecule has 1 saturated heterocycles. The first-order valence-electron chi connectivity index (χ1n) is 6.25. The predicted octanol–water partition coefficient (Wildman–Crippen LogP) is 2.80. The average molecular weight is 282 g/mol. The van der Waals surface area contributed by atoms with Gasteiger partial charge >= 0.3 is 5.97 Å². The van der Waals surface area contributed by atoms with Crippen molar-refractivity contribution in [1.29, 1.82) is 0 Å². The SMILES string of the molecule is COc1ccc(CSC2CCOC2C)cc1C(=O)O. The Kier molecular flexibility index (Phi) is 4.71. The first-order valence-corrected chi connectivity index (χ1v) is 7.30. The minimum absolute atomic E-state index is 0.219. The van der Waals surface area contributed by atoms with Crippen molar-refractivity contribution in [2.24, 2.45) is 0 Å². The standard InChI is InChI=1S/C14H18O4S/c1-9-13(5-6-18-9)19-8-10-3-4-12(17-2)11(7-10)14(15)16/h3-4,7,9,13H,5-6,8H2,1-2H3,(H,15,16). The fourth-order valence-electron chi connectivity index (χ4n) is 2.15. The minimum Gasteiger partial charge on any atom is -0.496 e. The van der Waals surface area contributed by atoms with Crippen LogP contribution in [0, 0.1) is 0 Å². The fraction of sp³-hybridized carbons (Fsp3) is 0.500. The monoisotopic (exact) mass is 282 g/mol. The molecule has 1 aliphatic rings. The molecule has 0 aliphatic carbocycles. The number of hydrogen-bond donors (Lipinski definition) is 1. The Labute approximate surface area is 117 Å². The van der Waals surface area contributed by atoms with Crippen LogP contribution in [0.25, 0.3) is 0 Å². The second kappa shape index (κ2) is 6.30. The highest BCUT2D eigenvalue weighted by molar-refractivity contribution is 7.99. The molecule has 1 fully saturated rings. The van der Waals surface area contributed by atoms with Gasteiger partial charge in [0.25, 0.3) is 0 Å². The molecule has 1 aromatic rings. The van der Waals surface area contributed by atoms with Crippen LogP contribution in [0.2, 0.25) is 0 Å². The third-order valence-electron chi connectivity index (χ3n) is 3.27. The van der Waals surface area contributed by atoms with E-state index in [-0.39, 0.29) is 11.7 Å². The number of thioether (sulfide) groups is 1. The van der Waals surface area contributed by atoms with E-state index in [1.54, 1.807) is 12.1 Å². The first-order chi connectivity index (χ1) is 9.11. The van der Waals surface area contributed by atoms with Gasteiger partial charge in [-0.25, -0.2) is 4.79 Å². The first kappa shape index (κ1) is 14.2. The lowest BCUT2D eigenvalue weighted by molar-refractivity contribution is 0.0693. The second-order valence-corrected chi connectivity index (χ2v) is 5.78. The molecule has 0 amide bonds. The Hall–Kier alpha value is -1.20. The number of hydrogen-bond acceptors (Lipinski definition) is 4. The Morgan fingerprint density at radius 3 is 2.95 bits per heavy atom. The quantitative estimate of drug-likeness (QED) is 0.900. The van der Waals surface area contributed by atoms with Crippen LogP contribution in [0.1, 0.15) is 29.3 Å². The number of carbonyl (C=O) groups is 1. The van der Waals surface area contributed by atoms with E-state index in [0.717, 1.165) is 24.3 Å². The van der Waals surface area contributed by atoms with E-state index in [1.165, 1.54) is 7.11 Å². The zero-order valence-corrected chi connectivity index (χ0v) is 11.9. The molecule has 0 aromatic heterocycles. The maximum absolute atomic E-state index is 11.1. The maximum Gasteiger partial charge on any atom is 0.339 e. The van der Waals surface area contributed by atoms with Gasteiger partial charge in [-0.2, -0.15) is 11.8 Å². The Morgan fingerprint density at radius 2 is 2.37 bits per heavy atom. The summed E-state index contributed by atoms with van der Waals surface area (Å²) >= 11 is 1.82. The molecule has 0 saturated carbocycles. The van der Waals surface area contributed by atoms with Gasteiger partial charge in [0, 0.05) is 17.6 Å². The van der Waals surface area contributed by atoms with Gasteiger partial charge in [0.05, 0.1) is 13.2 Å². The average Bonchev–Trinajstić information content (AvgIpc) is 2.81. The van der Waals surface area contributed by atoms with Gasteiger partial charge in [0.15, 0.2) is 0 Å². The van der Waals surface area contributed by atoms with E-state index in [4.69, 9.17) is 14.6 Å². The van der Waals surface area contributed by atoms with Crippen LogP contribution in [0.4, 0.5) is 0 Å². The molecule has 1 aromatic carbocycles. The Balaban J connectivity index is 2.04. The molecule has 0 bridgehead atoms. The maximum atomic E-state index is 11.1. The summed E-state index contributed by atoms with van der Waals surface area (Å²) < 4.78 is 10.6. The van der Waals surface area contributed by atoms with E-state index in [2.05, 4.69) is 6.92 Å². The van der Waals surface area contributed by atoms with Gasteiger partial charge in [-0.3, -0.25) is 0 Å². The molecule has 1 heterocycles. The third-order valence-corrected chi connectivity index (χ3v) is 4.81. The van der Waals surface area contributed by atoms with Crippen LogP contribution in [0.5, 0.6) is 5.75 Å². The molecule has 2 rings (SSSR count). The molecule has 104 valence electrons. The molecule has 2 atom stereocenters. The molecule has 1 aliphatic heterocycles. The molecular formula is C14H18O4S. The topological polar surface area (TPSA) is 55.8 Å². The van der Waals surface area contributed by atoms with Crippen LogP contribution in [-0.4, -0.2) is 36.1 Å². The van der Waals surface area contributed by atoms with Gasteiger partial charge in [-0.05, 0) is 31.0 Å². The number of carboxylic acid groups (broad SMARTS) is 1. The summed E-state index contributed by atoms with van der Waals surface area (Å²) in [6, 6.07) is 5.32. The van der Waals surface area contributed by atoms with Gasteiger partial charge in [-0.1, -0.05) is 6.07 Å².